The Kier molecular flexibility index (Phi) is 9.23. The summed E-state index contributed by atoms with van der Waals surface area (Å²) in [5, 5.41) is 12.8. The molecule has 3 heterocycles. The van der Waals surface area contributed by atoms with E-state index < -0.39 is 8.07 Å². The van der Waals surface area contributed by atoms with Crippen molar-refractivity contribution in [1.29, 1.82) is 0 Å². The number of aromatic nitrogens is 3. The van der Waals surface area contributed by atoms with Gasteiger partial charge in [-0.1, -0.05) is 212 Å². The Hall–Kier alpha value is -8.96. The molecule has 3 nitrogen and oxygen atoms in total. The average molecular weight is 908 g/mol. The quantitative estimate of drug-likeness (QED) is 0.107. The first-order chi connectivity index (χ1) is 34.8. The molecule has 70 heavy (non-hydrogen) atoms. The molecule has 0 aliphatic rings. The third-order valence-electron chi connectivity index (χ3n) is 14.8. The van der Waals surface area contributed by atoms with Crippen molar-refractivity contribution in [3.8, 4) is 28.2 Å². The van der Waals surface area contributed by atoms with Crippen LogP contribution in [0.3, 0.4) is 0 Å². The Morgan fingerprint density at radius 1 is 0.243 bits per heavy atom. The molecule has 0 spiro atoms. The van der Waals surface area contributed by atoms with Gasteiger partial charge in [0.15, 0.2) is 8.07 Å². The number of para-hydroxylation sites is 6. The van der Waals surface area contributed by atoms with E-state index in [1.807, 2.05) is 0 Å². The minimum absolute atomic E-state index is 1.13. The molecule has 0 saturated carbocycles. The Morgan fingerprint density at radius 3 is 1.21 bits per heavy atom. The summed E-state index contributed by atoms with van der Waals surface area (Å²) in [4.78, 5) is 0. The first-order valence-electron chi connectivity index (χ1n) is 24.2. The van der Waals surface area contributed by atoms with Gasteiger partial charge in [-0.15, -0.1) is 0 Å². The summed E-state index contributed by atoms with van der Waals surface area (Å²) in [6.45, 7) is 0. The molecule has 0 radical (unpaired) electrons. The molecule has 14 aromatic rings. The van der Waals surface area contributed by atoms with Gasteiger partial charge in [0.1, 0.15) is 0 Å². The first-order valence-corrected chi connectivity index (χ1v) is 26.2. The van der Waals surface area contributed by atoms with Crippen LogP contribution in [0.2, 0.25) is 0 Å². The molecular formula is C66H45N3Si. The Bertz CT molecular complexity index is 4170. The average Bonchev–Trinajstić information content (AvgIpc) is 4.08. The minimum atomic E-state index is -2.72. The summed E-state index contributed by atoms with van der Waals surface area (Å²) in [6.07, 6.45) is 0. The van der Waals surface area contributed by atoms with Crippen LogP contribution in [0, 0.1) is 0 Å². The fourth-order valence-electron chi connectivity index (χ4n) is 11.9. The highest BCUT2D eigenvalue weighted by Crippen LogP contribution is 2.43. The van der Waals surface area contributed by atoms with Gasteiger partial charge < -0.3 is 13.7 Å². The Balaban J connectivity index is 0.988. The van der Waals surface area contributed by atoms with E-state index in [-0.39, 0.29) is 0 Å². The van der Waals surface area contributed by atoms with Crippen molar-refractivity contribution in [3.63, 3.8) is 0 Å². The number of hydrogen-bond donors (Lipinski definition) is 0. The third kappa shape index (κ3) is 5.94. The van der Waals surface area contributed by atoms with Crippen LogP contribution in [0.15, 0.2) is 273 Å². The number of fused-ring (bicyclic) bond motifs is 9. The summed E-state index contributed by atoms with van der Waals surface area (Å²) < 4.78 is 7.44. The van der Waals surface area contributed by atoms with Gasteiger partial charge in [-0.3, -0.25) is 0 Å². The molecule has 4 heteroatoms. The number of nitrogens with zero attached hydrogens (tertiary/aromatic N) is 3. The molecule has 0 saturated heterocycles. The fraction of sp³-hybridized carbons (Fsp3) is 0. The normalized spacial score (nSPS) is 12.0. The lowest BCUT2D eigenvalue weighted by atomic mass is 10.00. The number of hydrogen-bond acceptors (Lipinski definition) is 0. The lowest BCUT2D eigenvalue weighted by Gasteiger charge is -2.34. The van der Waals surface area contributed by atoms with Crippen LogP contribution in [0.25, 0.3) is 93.6 Å². The summed E-state index contributed by atoms with van der Waals surface area (Å²) in [5.74, 6) is 0. The second-order valence-electron chi connectivity index (χ2n) is 18.4. The molecule has 0 fully saturated rings. The Morgan fingerprint density at radius 2 is 0.643 bits per heavy atom. The molecule has 328 valence electrons. The van der Waals surface area contributed by atoms with Gasteiger partial charge in [-0.05, 0) is 87.0 Å². The number of rotatable bonds is 8. The highest BCUT2D eigenvalue weighted by Gasteiger charge is 2.41. The summed E-state index contributed by atoms with van der Waals surface area (Å²) in [5.41, 5.74) is 13.0. The van der Waals surface area contributed by atoms with Crippen molar-refractivity contribution >= 4 is 94.2 Å². The molecule has 0 bridgehead atoms. The lowest BCUT2D eigenvalue weighted by Crippen LogP contribution is -2.74. The molecule has 0 amide bonds. The second kappa shape index (κ2) is 16.1. The van der Waals surface area contributed by atoms with E-state index in [0.29, 0.717) is 0 Å². The van der Waals surface area contributed by atoms with Crippen molar-refractivity contribution in [2.75, 3.05) is 0 Å². The van der Waals surface area contributed by atoms with Crippen LogP contribution >= 0.6 is 0 Å². The molecule has 0 aliphatic carbocycles. The van der Waals surface area contributed by atoms with E-state index in [1.54, 1.807) is 0 Å². The molecule has 0 atom stereocenters. The van der Waals surface area contributed by atoms with Crippen molar-refractivity contribution in [1.82, 2.24) is 13.7 Å². The van der Waals surface area contributed by atoms with Gasteiger partial charge in [0.05, 0.1) is 38.8 Å². The van der Waals surface area contributed by atoms with E-state index in [4.69, 9.17) is 0 Å². The highest BCUT2D eigenvalue weighted by molar-refractivity contribution is 7.19. The summed E-state index contributed by atoms with van der Waals surface area (Å²) in [7, 11) is -2.72. The largest absolute Gasteiger partial charge is 0.309 e. The topological polar surface area (TPSA) is 14.8 Å². The van der Waals surface area contributed by atoms with Gasteiger partial charge in [0.25, 0.3) is 0 Å². The maximum Gasteiger partial charge on any atom is 0.179 e. The maximum absolute atomic E-state index is 2.72. The zero-order valence-corrected chi connectivity index (χ0v) is 39.3. The van der Waals surface area contributed by atoms with Gasteiger partial charge >= 0.3 is 0 Å². The van der Waals surface area contributed by atoms with Crippen molar-refractivity contribution in [2.24, 2.45) is 0 Å². The van der Waals surface area contributed by atoms with Crippen LogP contribution in [0.4, 0.5) is 0 Å². The maximum atomic E-state index is 2.50. The zero-order chi connectivity index (χ0) is 46.2. The monoisotopic (exact) mass is 907 g/mol. The summed E-state index contributed by atoms with van der Waals surface area (Å²) >= 11 is 0. The molecular weight excluding hydrogens is 863 g/mol. The van der Waals surface area contributed by atoms with E-state index in [1.165, 1.54) is 97.3 Å². The predicted molar refractivity (Wildman–Crippen MR) is 299 cm³/mol. The van der Waals surface area contributed by atoms with Crippen LogP contribution in [0.1, 0.15) is 0 Å². The Labute approximate surface area is 407 Å². The summed E-state index contributed by atoms with van der Waals surface area (Å²) in [6, 6.07) is 101. The van der Waals surface area contributed by atoms with Gasteiger partial charge in [-0.25, -0.2) is 0 Å². The molecule has 11 aromatic carbocycles. The van der Waals surface area contributed by atoms with E-state index >= 15 is 0 Å². The third-order valence-corrected chi connectivity index (χ3v) is 19.6. The molecule has 0 N–H and O–H groups in total. The van der Waals surface area contributed by atoms with Crippen LogP contribution in [-0.2, 0) is 0 Å². The predicted octanol–water partition coefficient (Wildman–Crippen LogP) is 14.0. The highest BCUT2D eigenvalue weighted by atomic mass is 28.3. The van der Waals surface area contributed by atoms with Crippen LogP contribution in [0.5, 0.6) is 0 Å². The van der Waals surface area contributed by atoms with Gasteiger partial charge in [-0.2, -0.15) is 0 Å². The number of benzene rings is 11. The molecule has 3 aromatic heterocycles. The SMILES string of the molecule is c1ccc(-n2c3ccccc3c3cccc(-c4ccc5c(c4)c4ccccc4n5-c4cccc5c6ccccc6n(-c6ccc([Si](c7ccccc7)(c7ccccc7)c7ccccc7)cc6)c45)c32)cc1. The van der Waals surface area contributed by atoms with Crippen molar-refractivity contribution in [2.45, 2.75) is 0 Å². The first kappa shape index (κ1) is 40.1. The van der Waals surface area contributed by atoms with Crippen LogP contribution in [-0.4, -0.2) is 21.8 Å². The van der Waals surface area contributed by atoms with E-state index in [2.05, 4.69) is 287 Å². The van der Waals surface area contributed by atoms with Gasteiger partial charge in [0, 0.05) is 49.3 Å². The van der Waals surface area contributed by atoms with Crippen molar-refractivity contribution in [3.05, 3.63) is 273 Å². The standard InChI is InChI=1S/C66H45N3Si/c1-5-21-47(22-6-1)67-60-35-16-13-29-54(60)57-33-19-32-53(65(57)67)46-39-44-63-59(45-46)56-31-15-18-37-62(56)69(63)64-38-20-34-58-55-30-14-17-36-61(55)68(66(58)64)48-40-42-52(43-41-48)70(49-23-7-2-8-24-49,50-25-9-3-10-26-50)51-27-11-4-12-28-51/h1-45H. The van der Waals surface area contributed by atoms with Crippen molar-refractivity contribution < 1.29 is 0 Å². The van der Waals surface area contributed by atoms with Crippen LogP contribution < -0.4 is 20.7 Å². The van der Waals surface area contributed by atoms with E-state index in [0.717, 1.165) is 17.1 Å². The minimum Gasteiger partial charge on any atom is -0.309 e. The molecule has 0 aliphatic heterocycles. The second-order valence-corrected chi connectivity index (χ2v) is 22.2. The van der Waals surface area contributed by atoms with E-state index in [9.17, 15) is 0 Å². The fourth-order valence-corrected chi connectivity index (χ4v) is 16.6. The lowest BCUT2D eigenvalue weighted by molar-refractivity contribution is 1.13. The van der Waals surface area contributed by atoms with Gasteiger partial charge in [0.2, 0.25) is 0 Å². The smallest absolute Gasteiger partial charge is 0.179 e. The molecule has 14 rings (SSSR count). The molecule has 0 unspecified atom stereocenters. The zero-order valence-electron chi connectivity index (χ0n) is 38.3.